The SMILES string of the molecule is COC[C@H](C)NC(=S)S. The second-order valence-corrected chi connectivity index (χ2v) is 2.96. The van der Waals surface area contributed by atoms with E-state index in [0.717, 1.165) is 0 Å². The number of nitrogens with one attached hydrogen (secondary N) is 1. The molecule has 1 N–H and O–H groups in total. The van der Waals surface area contributed by atoms with Crippen molar-refractivity contribution in [1.29, 1.82) is 0 Å². The van der Waals surface area contributed by atoms with Gasteiger partial charge in [0.25, 0.3) is 0 Å². The van der Waals surface area contributed by atoms with Gasteiger partial charge in [0.15, 0.2) is 0 Å². The lowest BCUT2D eigenvalue weighted by atomic mass is 10.4. The minimum atomic E-state index is 0.250. The zero-order chi connectivity index (χ0) is 7.28. The molecule has 0 aromatic rings. The molecule has 0 saturated heterocycles. The third-order valence-electron chi connectivity index (χ3n) is 0.787. The third-order valence-corrected chi connectivity index (χ3v) is 1.03. The van der Waals surface area contributed by atoms with Crippen LogP contribution in [0.5, 0.6) is 0 Å². The van der Waals surface area contributed by atoms with Crippen LogP contribution in [0.15, 0.2) is 0 Å². The Hall–Kier alpha value is 0.200. The van der Waals surface area contributed by atoms with Crippen LogP contribution in [0.4, 0.5) is 0 Å². The van der Waals surface area contributed by atoms with E-state index in [4.69, 9.17) is 4.74 Å². The second-order valence-electron chi connectivity index (χ2n) is 1.81. The van der Waals surface area contributed by atoms with E-state index in [1.807, 2.05) is 6.92 Å². The standard InChI is InChI=1S/C5H11NOS2/c1-4(3-7-2)6-5(8)9/h4H,3H2,1-2H3,(H2,6,8,9)/t4-/m0/s1. The van der Waals surface area contributed by atoms with Crippen molar-refractivity contribution in [2.75, 3.05) is 13.7 Å². The van der Waals surface area contributed by atoms with E-state index in [0.29, 0.717) is 10.9 Å². The minimum Gasteiger partial charge on any atom is -0.383 e. The quantitative estimate of drug-likeness (QED) is 0.478. The van der Waals surface area contributed by atoms with Crippen LogP contribution in [0, 0.1) is 0 Å². The average Bonchev–Trinajstić information content (AvgIpc) is 1.63. The first kappa shape index (κ1) is 9.20. The molecule has 0 fully saturated rings. The average molecular weight is 165 g/mol. The number of rotatable bonds is 3. The Balaban J connectivity index is 3.26. The molecule has 4 heteroatoms. The van der Waals surface area contributed by atoms with Crippen molar-refractivity contribution in [1.82, 2.24) is 5.32 Å². The summed E-state index contributed by atoms with van der Waals surface area (Å²) in [6.45, 7) is 2.63. The van der Waals surface area contributed by atoms with Crippen LogP contribution >= 0.6 is 24.8 Å². The van der Waals surface area contributed by atoms with Gasteiger partial charge in [0, 0.05) is 13.2 Å². The Kier molecular flexibility index (Phi) is 5.13. The van der Waals surface area contributed by atoms with E-state index in [2.05, 4.69) is 30.2 Å². The molecule has 0 aliphatic rings. The fourth-order valence-corrected chi connectivity index (χ4v) is 0.924. The highest BCUT2D eigenvalue weighted by atomic mass is 32.1. The molecule has 54 valence electrons. The van der Waals surface area contributed by atoms with Gasteiger partial charge in [0.2, 0.25) is 0 Å². The molecule has 0 aromatic carbocycles. The zero-order valence-electron chi connectivity index (χ0n) is 5.55. The van der Waals surface area contributed by atoms with Gasteiger partial charge in [-0.3, -0.25) is 0 Å². The smallest absolute Gasteiger partial charge is 0.130 e. The van der Waals surface area contributed by atoms with Gasteiger partial charge in [0.1, 0.15) is 4.32 Å². The summed E-state index contributed by atoms with van der Waals surface area (Å²) in [6, 6.07) is 0.250. The molecule has 0 bridgehead atoms. The summed E-state index contributed by atoms with van der Waals surface area (Å²) in [4.78, 5) is 0. The largest absolute Gasteiger partial charge is 0.383 e. The first-order valence-corrected chi connectivity index (χ1v) is 3.50. The van der Waals surface area contributed by atoms with Crippen molar-refractivity contribution in [2.24, 2.45) is 0 Å². The van der Waals surface area contributed by atoms with Crippen LogP contribution in [-0.4, -0.2) is 24.1 Å². The molecular weight excluding hydrogens is 154 g/mol. The number of thiocarbonyl (C=S) groups is 1. The molecule has 0 heterocycles. The summed E-state index contributed by atoms with van der Waals surface area (Å²) in [5.41, 5.74) is 0. The van der Waals surface area contributed by atoms with Crippen molar-refractivity contribution in [3.8, 4) is 0 Å². The van der Waals surface area contributed by atoms with E-state index in [1.165, 1.54) is 0 Å². The van der Waals surface area contributed by atoms with Crippen molar-refractivity contribution in [3.05, 3.63) is 0 Å². The monoisotopic (exact) mass is 165 g/mol. The summed E-state index contributed by atoms with van der Waals surface area (Å²) in [5.74, 6) is 0. The molecule has 0 rings (SSSR count). The Morgan fingerprint density at radius 1 is 1.89 bits per heavy atom. The maximum Gasteiger partial charge on any atom is 0.130 e. The normalized spacial score (nSPS) is 12.8. The van der Waals surface area contributed by atoms with Crippen molar-refractivity contribution >= 4 is 29.2 Å². The topological polar surface area (TPSA) is 21.3 Å². The lowest BCUT2D eigenvalue weighted by molar-refractivity contribution is 0.180. The van der Waals surface area contributed by atoms with Crippen molar-refractivity contribution in [3.63, 3.8) is 0 Å². The van der Waals surface area contributed by atoms with Gasteiger partial charge in [-0.2, -0.15) is 0 Å². The number of thiol groups is 1. The van der Waals surface area contributed by atoms with Gasteiger partial charge < -0.3 is 10.1 Å². The van der Waals surface area contributed by atoms with E-state index in [1.54, 1.807) is 7.11 Å². The summed E-state index contributed by atoms with van der Waals surface area (Å²) < 4.78 is 5.36. The fraction of sp³-hybridized carbons (Fsp3) is 0.800. The molecule has 0 saturated carbocycles. The van der Waals surface area contributed by atoms with E-state index < -0.39 is 0 Å². The Morgan fingerprint density at radius 3 is 2.78 bits per heavy atom. The number of methoxy groups -OCH3 is 1. The lowest BCUT2D eigenvalue weighted by Gasteiger charge is -2.10. The molecule has 9 heavy (non-hydrogen) atoms. The maximum absolute atomic E-state index is 4.85. The first-order valence-electron chi connectivity index (χ1n) is 2.65. The summed E-state index contributed by atoms with van der Waals surface area (Å²) in [7, 11) is 1.65. The molecular formula is C5H11NOS2. The number of ether oxygens (including phenoxy) is 1. The minimum absolute atomic E-state index is 0.250. The van der Waals surface area contributed by atoms with E-state index >= 15 is 0 Å². The highest BCUT2D eigenvalue weighted by Crippen LogP contribution is 1.85. The van der Waals surface area contributed by atoms with Crippen LogP contribution in [0.25, 0.3) is 0 Å². The van der Waals surface area contributed by atoms with Gasteiger partial charge in [-0.1, -0.05) is 12.2 Å². The first-order chi connectivity index (χ1) is 4.16. The second kappa shape index (κ2) is 5.02. The van der Waals surface area contributed by atoms with Crippen LogP contribution < -0.4 is 5.32 Å². The molecule has 1 atom stereocenters. The van der Waals surface area contributed by atoms with Crippen LogP contribution in [0.3, 0.4) is 0 Å². The molecule has 0 aromatic heterocycles. The predicted octanol–water partition coefficient (Wildman–Crippen LogP) is 0.826. The van der Waals surface area contributed by atoms with Crippen molar-refractivity contribution in [2.45, 2.75) is 13.0 Å². The van der Waals surface area contributed by atoms with Crippen LogP contribution in [0.2, 0.25) is 0 Å². The lowest BCUT2D eigenvalue weighted by Crippen LogP contribution is -2.31. The van der Waals surface area contributed by atoms with E-state index in [9.17, 15) is 0 Å². The zero-order valence-corrected chi connectivity index (χ0v) is 7.26. The fourth-order valence-electron chi connectivity index (χ4n) is 0.502. The summed E-state index contributed by atoms with van der Waals surface area (Å²) in [5, 5.41) is 2.91. The summed E-state index contributed by atoms with van der Waals surface area (Å²) >= 11 is 8.58. The Morgan fingerprint density at radius 2 is 2.44 bits per heavy atom. The molecule has 0 spiro atoms. The van der Waals surface area contributed by atoms with Gasteiger partial charge in [0.05, 0.1) is 6.61 Å². The molecule has 0 amide bonds. The Bertz CT molecular complexity index is 97.0. The Labute approximate surface area is 66.4 Å². The molecule has 0 aliphatic carbocycles. The number of hydrogen-bond donors (Lipinski definition) is 2. The van der Waals surface area contributed by atoms with Gasteiger partial charge in [-0.15, -0.1) is 12.6 Å². The van der Waals surface area contributed by atoms with E-state index in [-0.39, 0.29) is 6.04 Å². The van der Waals surface area contributed by atoms with Crippen LogP contribution in [0.1, 0.15) is 6.92 Å². The number of hydrogen-bond acceptors (Lipinski definition) is 2. The van der Waals surface area contributed by atoms with Gasteiger partial charge in [-0.05, 0) is 6.92 Å². The maximum atomic E-state index is 4.85. The molecule has 2 nitrogen and oxygen atoms in total. The molecule has 0 unspecified atom stereocenters. The summed E-state index contributed by atoms with van der Waals surface area (Å²) in [6.07, 6.45) is 0. The molecule has 0 radical (unpaired) electrons. The third kappa shape index (κ3) is 6.08. The highest BCUT2D eigenvalue weighted by Gasteiger charge is 1.98. The van der Waals surface area contributed by atoms with Crippen molar-refractivity contribution < 1.29 is 4.74 Å². The van der Waals surface area contributed by atoms with Crippen LogP contribution in [-0.2, 0) is 4.74 Å². The van der Waals surface area contributed by atoms with Gasteiger partial charge in [-0.25, -0.2) is 0 Å². The predicted molar refractivity (Wildman–Crippen MR) is 46.1 cm³/mol. The van der Waals surface area contributed by atoms with Gasteiger partial charge >= 0.3 is 0 Å². The highest BCUT2D eigenvalue weighted by molar-refractivity contribution is 8.11. The molecule has 0 aliphatic heterocycles.